The van der Waals surface area contributed by atoms with Gasteiger partial charge in [-0.25, -0.2) is 14.1 Å². The molecule has 1 atom stereocenters. The van der Waals surface area contributed by atoms with Crippen LogP contribution in [-0.4, -0.2) is 70.4 Å². The number of fused-ring (bicyclic) bond motifs is 1. The molecule has 0 unspecified atom stereocenters. The molecule has 1 saturated heterocycles. The number of para-hydroxylation sites is 1. The molecule has 1 fully saturated rings. The van der Waals surface area contributed by atoms with E-state index in [2.05, 4.69) is 72.7 Å². The zero-order valence-electron chi connectivity index (χ0n) is 21.4. The number of thiazole rings is 1. The first-order valence-corrected chi connectivity index (χ1v) is 13.5. The van der Waals surface area contributed by atoms with Crippen molar-refractivity contribution >= 4 is 32.4 Å². The lowest BCUT2D eigenvalue weighted by atomic mass is 10.0. The summed E-state index contributed by atoms with van der Waals surface area (Å²) in [5, 5.41) is 13.9. The second-order valence-corrected chi connectivity index (χ2v) is 10.7. The van der Waals surface area contributed by atoms with E-state index in [0.29, 0.717) is 6.54 Å². The Bertz CT molecular complexity index is 1470. The standard InChI is InChI=1S/C28H29FN8S/c1-34(2)23-13-9-21(10-14-23)26(27-31-32-33-37(27)19-20-7-11-22(29)12-8-20)35-15-17-36(18-16-35)28-30-24-5-3-4-6-25(24)38-28/h3-14,26H,15-19H2,1-2H3/t26-/m1/s1. The molecule has 1 aliphatic heterocycles. The summed E-state index contributed by atoms with van der Waals surface area (Å²) in [5.41, 5.74) is 4.27. The van der Waals surface area contributed by atoms with E-state index < -0.39 is 0 Å². The van der Waals surface area contributed by atoms with Crippen LogP contribution >= 0.6 is 11.3 Å². The van der Waals surface area contributed by atoms with Crippen LogP contribution < -0.4 is 9.80 Å². The third-order valence-corrected chi connectivity index (χ3v) is 8.10. The summed E-state index contributed by atoms with van der Waals surface area (Å²) < 4.78 is 16.5. The van der Waals surface area contributed by atoms with Crippen molar-refractivity contribution in [2.45, 2.75) is 12.6 Å². The second kappa shape index (κ2) is 10.5. The maximum absolute atomic E-state index is 13.5. The molecule has 10 heteroatoms. The highest BCUT2D eigenvalue weighted by Gasteiger charge is 2.31. The average Bonchev–Trinajstić information content (AvgIpc) is 3.58. The van der Waals surface area contributed by atoms with Crippen molar-refractivity contribution in [3.8, 4) is 0 Å². The highest BCUT2D eigenvalue weighted by atomic mass is 32.1. The summed E-state index contributed by atoms with van der Waals surface area (Å²) in [6, 6.07) is 23.3. The van der Waals surface area contributed by atoms with Gasteiger partial charge in [-0.15, -0.1) is 5.10 Å². The lowest BCUT2D eigenvalue weighted by Crippen LogP contribution is -2.48. The highest BCUT2D eigenvalue weighted by Crippen LogP contribution is 2.33. The molecule has 0 bridgehead atoms. The van der Waals surface area contributed by atoms with E-state index in [4.69, 9.17) is 4.98 Å². The second-order valence-electron chi connectivity index (χ2n) is 9.70. The molecule has 3 heterocycles. The summed E-state index contributed by atoms with van der Waals surface area (Å²) in [6.45, 7) is 3.90. The zero-order chi connectivity index (χ0) is 26.1. The van der Waals surface area contributed by atoms with E-state index in [1.165, 1.54) is 16.8 Å². The number of halogens is 1. The van der Waals surface area contributed by atoms with Crippen molar-refractivity contribution in [2.75, 3.05) is 50.1 Å². The molecule has 194 valence electrons. The predicted octanol–water partition coefficient (Wildman–Crippen LogP) is 4.45. The molecule has 8 nitrogen and oxygen atoms in total. The van der Waals surface area contributed by atoms with E-state index >= 15 is 0 Å². The molecule has 3 aromatic carbocycles. The summed E-state index contributed by atoms with van der Waals surface area (Å²) in [7, 11) is 4.08. The first-order valence-electron chi connectivity index (χ1n) is 12.7. The molecular weight excluding hydrogens is 499 g/mol. The van der Waals surface area contributed by atoms with E-state index in [-0.39, 0.29) is 11.9 Å². The fourth-order valence-electron chi connectivity index (χ4n) is 4.93. The number of hydrogen-bond acceptors (Lipinski definition) is 8. The topological polar surface area (TPSA) is 66.2 Å². The molecule has 1 aliphatic rings. The molecule has 0 spiro atoms. The molecule has 6 rings (SSSR count). The number of nitrogens with zero attached hydrogens (tertiary/aromatic N) is 8. The average molecular weight is 529 g/mol. The van der Waals surface area contributed by atoms with Crippen LogP contribution in [0.25, 0.3) is 10.2 Å². The van der Waals surface area contributed by atoms with Crippen molar-refractivity contribution in [3.05, 3.63) is 95.6 Å². The van der Waals surface area contributed by atoms with Gasteiger partial charge in [-0.3, -0.25) is 4.90 Å². The third-order valence-electron chi connectivity index (χ3n) is 7.01. The number of anilines is 2. The van der Waals surface area contributed by atoms with Gasteiger partial charge in [0.05, 0.1) is 22.8 Å². The molecule has 2 aromatic heterocycles. The fraction of sp³-hybridized carbons (Fsp3) is 0.286. The lowest BCUT2D eigenvalue weighted by Gasteiger charge is -2.39. The van der Waals surface area contributed by atoms with Crippen LogP contribution in [0.4, 0.5) is 15.2 Å². The number of piperazine rings is 1. The van der Waals surface area contributed by atoms with Crippen molar-refractivity contribution in [1.82, 2.24) is 30.1 Å². The monoisotopic (exact) mass is 528 g/mol. The van der Waals surface area contributed by atoms with Crippen LogP contribution in [0, 0.1) is 5.82 Å². The Labute approximate surface area is 224 Å². The van der Waals surface area contributed by atoms with Gasteiger partial charge in [0.2, 0.25) is 0 Å². The molecule has 0 N–H and O–H groups in total. The van der Waals surface area contributed by atoms with Crippen LogP contribution in [0.1, 0.15) is 23.0 Å². The van der Waals surface area contributed by atoms with Gasteiger partial charge < -0.3 is 9.80 Å². The minimum Gasteiger partial charge on any atom is -0.378 e. The first kappa shape index (κ1) is 24.4. The number of hydrogen-bond donors (Lipinski definition) is 0. The zero-order valence-corrected chi connectivity index (χ0v) is 22.2. The van der Waals surface area contributed by atoms with E-state index in [0.717, 1.165) is 59.5 Å². The lowest BCUT2D eigenvalue weighted by molar-refractivity contribution is 0.201. The van der Waals surface area contributed by atoms with Crippen LogP contribution in [0.2, 0.25) is 0 Å². The Balaban J connectivity index is 1.28. The molecular formula is C28H29FN8S. The van der Waals surface area contributed by atoms with Crippen molar-refractivity contribution in [3.63, 3.8) is 0 Å². The molecule has 0 radical (unpaired) electrons. The highest BCUT2D eigenvalue weighted by molar-refractivity contribution is 7.22. The van der Waals surface area contributed by atoms with E-state index in [1.54, 1.807) is 23.5 Å². The van der Waals surface area contributed by atoms with E-state index in [9.17, 15) is 4.39 Å². The number of benzene rings is 3. The van der Waals surface area contributed by atoms with Gasteiger partial charge in [0.25, 0.3) is 0 Å². The van der Waals surface area contributed by atoms with Gasteiger partial charge in [-0.2, -0.15) is 0 Å². The van der Waals surface area contributed by atoms with Crippen LogP contribution in [-0.2, 0) is 6.54 Å². The molecule has 0 saturated carbocycles. The Morgan fingerprint density at radius 3 is 2.37 bits per heavy atom. The maximum Gasteiger partial charge on any atom is 0.186 e. The Morgan fingerprint density at radius 2 is 1.66 bits per heavy atom. The molecule has 38 heavy (non-hydrogen) atoms. The van der Waals surface area contributed by atoms with Gasteiger partial charge in [0, 0.05) is 46.0 Å². The fourth-order valence-corrected chi connectivity index (χ4v) is 5.94. The smallest absolute Gasteiger partial charge is 0.186 e. The van der Waals surface area contributed by atoms with Gasteiger partial charge in [-0.05, 0) is 58.0 Å². The minimum atomic E-state index is -0.254. The van der Waals surface area contributed by atoms with Gasteiger partial charge in [0.15, 0.2) is 11.0 Å². The van der Waals surface area contributed by atoms with Gasteiger partial charge in [-0.1, -0.05) is 47.7 Å². The quantitative estimate of drug-likeness (QED) is 0.309. The number of tetrazole rings is 1. The Morgan fingerprint density at radius 1 is 0.921 bits per heavy atom. The number of rotatable bonds is 7. The number of aromatic nitrogens is 5. The maximum atomic E-state index is 13.5. The molecule has 0 aliphatic carbocycles. The Kier molecular flexibility index (Phi) is 6.73. The van der Waals surface area contributed by atoms with Crippen LogP contribution in [0.5, 0.6) is 0 Å². The summed E-state index contributed by atoms with van der Waals surface area (Å²) in [4.78, 5) is 11.8. The normalized spacial score (nSPS) is 15.2. The van der Waals surface area contributed by atoms with Gasteiger partial charge in [0.1, 0.15) is 5.82 Å². The third kappa shape index (κ3) is 4.97. The Hall–Kier alpha value is -3.89. The van der Waals surface area contributed by atoms with Crippen molar-refractivity contribution < 1.29 is 4.39 Å². The first-order chi connectivity index (χ1) is 18.5. The molecule has 5 aromatic rings. The van der Waals surface area contributed by atoms with Gasteiger partial charge >= 0.3 is 0 Å². The SMILES string of the molecule is CN(C)c1ccc([C@H](c2nnnn2Cc2ccc(F)cc2)N2CCN(c3nc4ccccc4s3)CC2)cc1. The van der Waals surface area contributed by atoms with Crippen LogP contribution in [0.15, 0.2) is 72.8 Å². The minimum absolute atomic E-state index is 0.112. The van der Waals surface area contributed by atoms with Crippen molar-refractivity contribution in [1.29, 1.82) is 0 Å². The largest absolute Gasteiger partial charge is 0.378 e. The summed E-state index contributed by atoms with van der Waals surface area (Å²) in [5.74, 6) is 0.524. The van der Waals surface area contributed by atoms with Crippen LogP contribution in [0.3, 0.4) is 0 Å². The predicted molar refractivity (Wildman–Crippen MR) is 149 cm³/mol. The van der Waals surface area contributed by atoms with Crippen molar-refractivity contribution in [2.24, 2.45) is 0 Å². The molecule has 0 amide bonds. The van der Waals surface area contributed by atoms with E-state index in [1.807, 2.05) is 24.8 Å². The summed E-state index contributed by atoms with van der Waals surface area (Å²) in [6.07, 6.45) is 0. The summed E-state index contributed by atoms with van der Waals surface area (Å²) >= 11 is 1.75.